The van der Waals surface area contributed by atoms with E-state index in [1.54, 1.807) is 36.4 Å². The summed E-state index contributed by atoms with van der Waals surface area (Å²) in [5.74, 6) is -4.49. The Morgan fingerprint density at radius 3 is 2.72 bits per heavy atom. The van der Waals surface area contributed by atoms with Crippen molar-refractivity contribution < 1.29 is 28.6 Å². The van der Waals surface area contributed by atoms with Gasteiger partial charge in [0.15, 0.2) is 5.78 Å². The summed E-state index contributed by atoms with van der Waals surface area (Å²) in [7, 11) is 0. The average molecular weight is 399 g/mol. The molecular weight excluding hydrogens is 381 g/mol. The minimum atomic E-state index is -1.67. The van der Waals surface area contributed by atoms with Gasteiger partial charge in [0.05, 0.1) is 6.54 Å². The highest BCUT2D eigenvalue weighted by Crippen LogP contribution is 2.24. The van der Waals surface area contributed by atoms with Crippen molar-refractivity contribution in [2.45, 2.75) is 12.6 Å². The van der Waals surface area contributed by atoms with Gasteiger partial charge in [-0.15, -0.1) is 0 Å². The van der Waals surface area contributed by atoms with Crippen LogP contribution in [-0.4, -0.2) is 41.4 Å². The Kier molecular flexibility index (Phi) is 6.18. The highest BCUT2D eigenvalue weighted by atomic mass is 19.1. The Morgan fingerprint density at radius 1 is 1.31 bits per heavy atom. The van der Waals surface area contributed by atoms with Crippen molar-refractivity contribution >= 4 is 23.7 Å². The van der Waals surface area contributed by atoms with Gasteiger partial charge < -0.3 is 20.5 Å². The number of carboxylic acid groups (broad SMARTS) is 1. The van der Waals surface area contributed by atoms with Crippen molar-refractivity contribution in [1.82, 2.24) is 10.6 Å². The van der Waals surface area contributed by atoms with Crippen LogP contribution in [0.1, 0.15) is 5.56 Å². The normalized spacial score (nSPS) is 19.3. The van der Waals surface area contributed by atoms with Crippen molar-refractivity contribution in [3.05, 3.63) is 71.7 Å². The van der Waals surface area contributed by atoms with Gasteiger partial charge in [-0.25, -0.2) is 9.18 Å². The summed E-state index contributed by atoms with van der Waals surface area (Å²) in [6.45, 7) is 0.192. The van der Waals surface area contributed by atoms with Crippen molar-refractivity contribution in [1.29, 1.82) is 0 Å². The Labute approximate surface area is 165 Å². The molecular formula is C20H18FN3O5. The molecule has 0 fully saturated rings. The number of aliphatic imine (C=N–C) groups is 1. The Hall–Kier alpha value is -3.75. The van der Waals surface area contributed by atoms with Gasteiger partial charge in [0.1, 0.15) is 30.2 Å². The van der Waals surface area contributed by atoms with Gasteiger partial charge in [0.25, 0.3) is 0 Å². The summed E-state index contributed by atoms with van der Waals surface area (Å²) in [6, 6.07) is 7.15. The van der Waals surface area contributed by atoms with Crippen LogP contribution in [0.2, 0.25) is 0 Å². The Bertz CT molecular complexity index is 937. The third-order valence-electron chi connectivity index (χ3n) is 4.27. The summed E-state index contributed by atoms with van der Waals surface area (Å²) >= 11 is 0. The molecule has 8 nitrogen and oxygen atoms in total. The zero-order valence-electron chi connectivity index (χ0n) is 15.2. The molecule has 0 aromatic heterocycles. The van der Waals surface area contributed by atoms with E-state index in [0.717, 1.165) is 17.7 Å². The van der Waals surface area contributed by atoms with Crippen molar-refractivity contribution in [2.24, 2.45) is 10.9 Å². The lowest BCUT2D eigenvalue weighted by Gasteiger charge is -2.25. The number of amides is 1. The van der Waals surface area contributed by atoms with E-state index in [1.807, 2.05) is 0 Å². The maximum Gasteiger partial charge on any atom is 0.408 e. The topological polar surface area (TPSA) is 117 Å². The highest BCUT2D eigenvalue weighted by molar-refractivity contribution is 6.15. The van der Waals surface area contributed by atoms with Crippen LogP contribution in [0.15, 0.2) is 71.2 Å². The van der Waals surface area contributed by atoms with Gasteiger partial charge in [-0.05, 0) is 23.9 Å². The standard InChI is InChI=1S/C20H18FN3O5/c21-14-8-7-13(15(19(26)27)18-22-9-4-10-23-18)17(25)16(14)24-20(28)29-11-12-5-2-1-3-6-12/h1-9,15-16H,10-11H2,(H,22,23)(H,24,28)(H,26,27). The third kappa shape index (κ3) is 4.75. The Morgan fingerprint density at radius 2 is 2.07 bits per heavy atom. The van der Waals surface area contributed by atoms with E-state index in [1.165, 1.54) is 6.20 Å². The number of allylic oxidation sites excluding steroid dienone is 2. The molecule has 1 amide bonds. The van der Waals surface area contributed by atoms with Crippen molar-refractivity contribution in [2.75, 3.05) is 6.54 Å². The number of alkyl carbamates (subject to hydrolysis) is 1. The number of aliphatic carboxylic acids is 1. The molecule has 29 heavy (non-hydrogen) atoms. The fourth-order valence-corrected chi connectivity index (χ4v) is 2.86. The number of ether oxygens (including phenoxy) is 1. The zero-order valence-corrected chi connectivity index (χ0v) is 15.2. The number of hydrogen-bond acceptors (Lipinski definition) is 6. The molecule has 2 unspecified atom stereocenters. The highest BCUT2D eigenvalue weighted by Gasteiger charge is 2.39. The van der Waals surface area contributed by atoms with Crippen LogP contribution >= 0.6 is 0 Å². The third-order valence-corrected chi connectivity index (χ3v) is 4.27. The molecule has 0 saturated carbocycles. The number of carboxylic acids is 1. The summed E-state index contributed by atoms with van der Waals surface area (Å²) in [6.07, 6.45) is 4.23. The number of carbonyl (C=O) groups is 3. The molecule has 150 valence electrons. The molecule has 1 aromatic rings. The molecule has 0 bridgehead atoms. The summed E-state index contributed by atoms with van der Waals surface area (Å²) in [4.78, 5) is 40.6. The first-order valence-electron chi connectivity index (χ1n) is 8.74. The number of nitrogens with one attached hydrogen (secondary N) is 2. The molecule has 0 spiro atoms. The van der Waals surface area contributed by atoms with Crippen molar-refractivity contribution in [3.63, 3.8) is 0 Å². The van der Waals surface area contributed by atoms with E-state index in [0.29, 0.717) is 0 Å². The summed E-state index contributed by atoms with van der Waals surface area (Å²) in [5, 5.41) is 14.4. The second-order valence-electron chi connectivity index (χ2n) is 6.22. The van der Waals surface area contributed by atoms with Crippen LogP contribution in [-0.2, 0) is 20.9 Å². The van der Waals surface area contributed by atoms with Gasteiger partial charge >= 0.3 is 12.1 Å². The lowest BCUT2D eigenvalue weighted by Crippen LogP contribution is -2.47. The first kappa shape index (κ1) is 20.0. The number of hydrogen-bond donors (Lipinski definition) is 3. The maximum atomic E-state index is 14.2. The number of benzene rings is 1. The van der Waals surface area contributed by atoms with E-state index in [4.69, 9.17) is 4.74 Å². The van der Waals surface area contributed by atoms with Gasteiger partial charge in [0.2, 0.25) is 0 Å². The smallest absolute Gasteiger partial charge is 0.408 e. The predicted molar refractivity (Wildman–Crippen MR) is 102 cm³/mol. The molecule has 1 aromatic carbocycles. The number of amidine groups is 1. The molecule has 1 heterocycles. The number of halogens is 1. The minimum Gasteiger partial charge on any atom is -0.480 e. The van der Waals surface area contributed by atoms with Gasteiger partial charge in [0, 0.05) is 5.57 Å². The van der Waals surface area contributed by atoms with Crippen LogP contribution in [0, 0.1) is 5.92 Å². The number of Topliss-reactive ketones (excluding diaryl/α,β-unsaturated/α-hetero) is 1. The lowest BCUT2D eigenvalue weighted by atomic mass is 9.87. The van der Waals surface area contributed by atoms with E-state index >= 15 is 0 Å². The van der Waals surface area contributed by atoms with Crippen LogP contribution in [0.3, 0.4) is 0 Å². The van der Waals surface area contributed by atoms with Crippen LogP contribution in [0.4, 0.5) is 9.18 Å². The molecule has 2 aliphatic rings. The van der Waals surface area contributed by atoms with Crippen LogP contribution < -0.4 is 10.6 Å². The lowest BCUT2D eigenvalue weighted by molar-refractivity contribution is -0.139. The average Bonchev–Trinajstić information content (AvgIpc) is 2.73. The second-order valence-corrected chi connectivity index (χ2v) is 6.22. The first-order chi connectivity index (χ1) is 14.0. The molecule has 1 aliphatic heterocycles. The first-order valence-corrected chi connectivity index (χ1v) is 8.74. The minimum absolute atomic E-state index is 0.0562. The molecule has 0 radical (unpaired) electrons. The van der Waals surface area contributed by atoms with Gasteiger partial charge in [-0.3, -0.25) is 14.6 Å². The van der Waals surface area contributed by atoms with Crippen LogP contribution in [0.5, 0.6) is 0 Å². The SMILES string of the molecule is O=C(NC1C(=O)C(C(C(=O)O)C2=NCC=CN2)=CC=C1F)OCc1ccccc1. The Balaban J connectivity index is 1.71. The van der Waals surface area contributed by atoms with Gasteiger partial charge in [-0.2, -0.15) is 0 Å². The predicted octanol–water partition coefficient (Wildman–Crippen LogP) is 1.86. The fourth-order valence-electron chi connectivity index (χ4n) is 2.86. The van der Waals surface area contributed by atoms with Crippen molar-refractivity contribution in [3.8, 4) is 0 Å². The monoisotopic (exact) mass is 399 g/mol. The van der Waals surface area contributed by atoms with Crippen LogP contribution in [0.25, 0.3) is 0 Å². The number of carbonyl (C=O) groups excluding carboxylic acids is 2. The summed E-state index contributed by atoms with van der Waals surface area (Å²) in [5.41, 5.74) is 0.517. The second kappa shape index (κ2) is 8.96. The number of nitrogens with zero attached hydrogens (tertiary/aromatic N) is 1. The zero-order chi connectivity index (χ0) is 20.8. The molecule has 0 saturated heterocycles. The molecule has 3 N–H and O–H groups in total. The van der Waals surface area contributed by atoms with Gasteiger partial charge in [-0.1, -0.05) is 36.4 Å². The van der Waals surface area contributed by atoms with E-state index in [9.17, 15) is 23.9 Å². The number of ketones is 1. The molecule has 3 rings (SSSR count). The molecule has 2 atom stereocenters. The summed E-state index contributed by atoms with van der Waals surface area (Å²) < 4.78 is 19.2. The molecule has 9 heteroatoms. The molecule has 1 aliphatic carbocycles. The largest absolute Gasteiger partial charge is 0.480 e. The maximum absolute atomic E-state index is 14.2. The quantitative estimate of drug-likeness (QED) is 0.672. The van der Waals surface area contributed by atoms with E-state index < -0.39 is 35.6 Å². The van der Waals surface area contributed by atoms with E-state index in [2.05, 4.69) is 15.6 Å². The fraction of sp³-hybridized carbons (Fsp3) is 0.200. The number of rotatable bonds is 6. The van der Waals surface area contributed by atoms with E-state index in [-0.39, 0.29) is 24.6 Å².